The zero-order chi connectivity index (χ0) is 10.1. The molecule has 0 unspecified atom stereocenters. The minimum absolute atomic E-state index is 0.315. The van der Waals surface area contributed by atoms with Gasteiger partial charge in [0.1, 0.15) is 0 Å². The highest BCUT2D eigenvalue weighted by Crippen LogP contribution is 2.00. The Bertz CT molecular complexity index is 215. The van der Waals surface area contributed by atoms with Crippen LogP contribution in [0.4, 0.5) is 0 Å². The highest BCUT2D eigenvalue weighted by Gasteiger charge is 2.04. The third-order valence-electron chi connectivity index (χ3n) is 1.61. The summed E-state index contributed by atoms with van der Waals surface area (Å²) in [6.07, 6.45) is 2.17. The number of carbonyl (C=O) groups excluding carboxylic acids is 1. The van der Waals surface area contributed by atoms with Crippen molar-refractivity contribution in [3.63, 3.8) is 0 Å². The Balaban J connectivity index is 3.38. The molecular formula is C10H15NO2. The van der Waals surface area contributed by atoms with Crippen molar-refractivity contribution < 1.29 is 9.53 Å². The first kappa shape index (κ1) is 11.7. The molecule has 0 aromatic heterocycles. The summed E-state index contributed by atoms with van der Waals surface area (Å²) in [5.41, 5.74) is 0.505. The standard InChI is InChI=1S/C10H15NO2/c1-4-9(2)10(12)13-8-6-5-7-11-3/h2,4-8H2,1H3. The number of carbonyl (C=O) groups is 1. The molecule has 13 heavy (non-hydrogen) atoms. The van der Waals surface area contributed by atoms with Gasteiger partial charge in [0.25, 0.3) is 0 Å². The van der Waals surface area contributed by atoms with E-state index in [4.69, 9.17) is 11.3 Å². The molecule has 0 aromatic rings. The predicted octanol–water partition coefficient (Wildman–Crippen LogP) is 2.20. The van der Waals surface area contributed by atoms with Gasteiger partial charge >= 0.3 is 5.97 Å². The van der Waals surface area contributed by atoms with E-state index in [-0.39, 0.29) is 5.97 Å². The minimum Gasteiger partial charge on any atom is -0.462 e. The second-order valence-corrected chi connectivity index (χ2v) is 2.68. The number of ether oxygens (including phenoxy) is 1. The molecule has 0 rings (SSSR count). The average molecular weight is 181 g/mol. The second kappa shape index (κ2) is 7.35. The van der Waals surface area contributed by atoms with Crippen molar-refractivity contribution in [3.05, 3.63) is 23.6 Å². The topological polar surface area (TPSA) is 30.7 Å². The zero-order valence-corrected chi connectivity index (χ0v) is 8.01. The van der Waals surface area contributed by atoms with Gasteiger partial charge in [-0.3, -0.25) is 0 Å². The van der Waals surface area contributed by atoms with Gasteiger partial charge in [-0.1, -0.05) is 13.5 Å². The van der Waals surface area contributed by atoms with E-state index >= 15 is 0 Å². The van der Waals surface area contributed by atoms with Gasteiger partial charge < -0.3 is 9.58 Å². The first-order valence-electron chi connectivity index (χ1n) is 4.40. The average Bonchev–Trinajstić information content (AvgIpc) is 2.16. The van der Waals surface area contributed by atoms with Gasteiger partial charge in [-0.15, -0.1) is 0 Å². The van der Waals surface area contributed by atoms with E-state index in [1.807, 2.05) is 6.92 Å². The van der Waals surface area contributed by atoms with Gasteiger partial charge in [-0.2, -0.15) is 0 Å². The molecule has 0 heterocycles. The maximum Gasteiger partial charge on any atom is 0.333 e. The van der Waals surface area contributed by atoms with Crippen LogP contribution in [0.5, 0.6) is 0 Å². The minimum atomic E-state index is -0.315. The fraction of sp³-hybridized carbons (Fsp3) is 0.600. The van der Waals surface area contributed by atoms with E-state index in [1.165, 1.54) is 0 Å². The summed E-state index contributed by atoms with van der Waals surface area (Å²) in [7, 11) is 0. The van der Waals surface area contributed by atoms with E-state index in [2.05, 4.69) is 11.4 Å². The molecule has 0 atom stereocenters. The lowest BCUT2D eigenvalue weighted by Crippen LogP contribution is -2.07. The largest absolute Gasteiger partial charge is 0.462 e. The molecule has 0 aliphatic rings. The van der Waals surface area contributed by atoms with Crippen LogP contribution < -0.4 is 0 Å². The number of nitrogens with zero attached hydrogens (tertiary/aromatic N) is 1. The predicted molar refractivity (Wildman–Crippen MR) is 51.1 cm³/mol. The Labute approximate surface area is 79.2 Å². The third-order valence-corrected chi connectivity index (χ3v) is 1.61. The number of unbranched alkanes of at least 4 members (excludes halogenated alkanes) is 1. The summed E-state index contributed by atoms with van der Waals surface area (Å²) in [4.78, 5) is 14.2. The van der Waals surface area contributed by atoms with Crippen LogP contribution in [0.1, 0.15) is 26.2 Å². The van der Waals surface area contributed by atoms with Crippen molar-refractivity contribution in [2.75, 3.05) is 13.2 Å². The molecule has 72 valence electrons. The van der Waals surface area contributed by atoms with Crippen LogP contribution >= 0.6 is 0 Å². The highest BCUT2D eigenvalue weighted by atomic mass is 16.5. The Kier molecular flexibility index (Phi) is 6.62. The Morgan fingerprint density at radius 1 is 1.54 bits per heavy atom. The number of hydrogen-bond donors (Lipinski definition) is 0. The molecule has 0 spiro atoms. The maximum absolute atomic E-state index is 11.0. The van der Waals surface area contributed by atoms with Gasteiger partial charge in [0.05, 0.1) is 6.61 Å². The van der Waals surface area contributed by atoms with Crippen molar-refractivity contribution in [2.45, 2.75) is 26.2 Å². The van der Waals surface area contributed by atoms with Gasteiger partial charge in [0.15, 0.2) is 0 Å². The van der Waals surface area contributed by atoms with Crippen LogP contribution in [0, 0.1) is 6.57 Å². The molecular weight excluding hydrogens is 166 g/mol. The van der Waals surface area contributed by atoms with Crippen LogP contribution in [0.25, 0.3) is 4.85 Å². The first-order chi connectivity index (χ1) is 6.22. The van der Waals surface area contributed by atoms with Crippen LogP contribution in [-0.2, 0) is 9.53 Å². The Hall–Kier alpha value is -1.30. The monoisotopic (exact) mass is 181 g/mol. The molecule has 0 bridgehead atoms. The van der Waals surface area contributed by atoms with Crippen LogP contribution in [-0.4, -0.2) is 19.1 Å². The van der Waals surface area contributed by atoms with E-state index < -0.39 is 0 Å². The smallest absolute Gasteiger partial charge is 0.333 e. The molecule has 0 aliphatic carbocycles. The SMILES string of the molecule is [C-]#[N+]CCCCOC(=O)C(=C)CC. The van der Waals surface area contributed by atoms with Crippen LogP contribution in [0.3, 0.4) is 0 Å². The third kappa shape index (κ3) is 5.92. The lowest BCUT2D eigenvalue weighted by molar-refractivity contribution is -0.139. The fourth-order valence-corrected chi connectivity index (χ4v) is 0.704. The lowest BCUT2D eigenvalue weighted by Gasteiger charge is -2.03. The highest BCUT2D eigenvalue weighted by molar-refractivity contribution is 5.87. The molecule has 0 aliphatic heterocycles. The number of esters is 1. The quantitative estimate of drug-likeness (QED) is 0.272. The summed E-state index contributed by atoms with van der Waals surface area (Å²) < 4.78 is 4.90. The first-order valence-corrected chi connectivity index (χ1v) is 4.40. The summed E-state index contributed by atoms with van der Waals surface area (Å²) in [6, 6.07) is 0. The summed E-state index contributed by atoms with van der Waals surface area (Å²) >= 11 is 0. The Morgan fingerprint density at radius 2 is 2.23 bits per heavy atom. The molecule has 0 aromatic carbocycles. The van der Waals surface area contributed by atoms with Crippen molar-refractivity contribution in [3.8, 4) is 0 Å². The fourth-order valence-electron chi connectivity index (χ4n) is 0.704. The van der Waals surface area contributed by atoms with Gasteiger partial charge in [0.2, 0.25) is 6.54 Å². The van der Waals surface area contributed by atoms with E-state index in [9.17, 15) is 4.79 Å². The molecule has 3 nitrogen and oxygen atoms in total. The van der Waals surface area contributed by atoms with Gasteiger partial charge in [-0.25, -0.2) is 11.4 Å². The van der Waals surface area contributed by atoms with Crippen molar-refractivity contribution in [1.82, 2.24) is 0 Å². The maximum atomic E-state index is 11.0. The lowest BCUT2D eigenvalue weighted by atomic mass is 10.2. The van der Waals surface area contributed by atoms with Crippen molar-refractivity contribution in [2.24, 2.45) is 0 Å². The Morgan fingerprint density at radius 3 is 2.77 bits per heavy atom. The molecule has 0 saturated carbocycles. The van der Waals surface area contributed by atoms with Crippen LogP contribution in [0.2, 0.25) is 0 Å². The second-order valence-electron chi connectivity index (χ2n) is 2.68. The molecule has 0 radical (unpaired) electrons. The molecule has 0 saturated heterocycles. The molecule has 0 N–H and O–H groups in total. The summed E-state index contributed by atoms with van der Waals surface area (Å²) in [6.45, 7) is 12.9. The number of rotatable bonds is 6. The molecule has 0 fully saturated rings. The van der Waals surface area contributed by atoms with Gasteiger partial charge in [-0.05, 0) is 12.8 Å². The normalized spacial score (nSPS) is 8.92. The molecule has 0 amide bonds. The van der Waals surface area contributed by atoms with Crippen molar-refractivity contribution >= 4 is 5.97 Å². The van der Waals surface area contributed by atoms with E-state index in [1.54, 1.807) is 0 Å². The van der Waals surface area contributed by atoms with Crippen molar-refractivity contribution in [1.29, 1.82) is 0 Å². The van der Waals surface area contributed by atoms with Gasteiger partial charge in [0, 0.05) is 12.0 Å². The van der Waals surface area contributed by atoms with E-state index in [0.29, 0.717) is 25.1 Å². The van der Waals surface area contributed by atoms with Crippen LogP contribution in [0.15, 0.2) is 12.2 Å². The van der Waals surface area contributed by atoms with E-state index in [0.717, 1.165) is 12.8 Å². The zero-order valence-electron chi connectivity index (χ0n) is 8.01. The number of hydrogen-bond acceptors (Lipinski definition) is 2. The summed E-state index contributed by atoms with van der Waals surface area (Å²) in [5.74, 6) is -0.315. The molecule has 3 heteroatoms. The summed E-state index contributed by atoms with van der Waals surface area (Å²) in [5, 5.41) is 0.